The van der Waals surface area contributed by atoms with Crippen molar-refractivity contribution in [3.63, 3.8) is 0 Å². The lowest BCUT2D eigenvalue weighted by Gasteiger charge is -2.20. The van der Waals surface area contributed by atoms with Crippen molar-refractivity contribution in [2.24, 2.45) is 5.92 Å². The molecule has 7 N–H and O–H groups in total. The van der Waals surface area contributed by atoms with Gasteiger partial charge in [0.15, 0.2) is 0 Å². The Bertz CT molecular complexity index is 1720. The van der Waals surface area contributed by atoms with Crippen molar-refractivity contribution in [2.75, 3.05) is 12.3 Å². The number of aliphatic hydroxyl groups excluding tert-OH is 1. The van der Waals surface area contributed by atoms with Gasteiger partial charge in [0.05, 0.1) is 41.3 Å². The van der Waals surface area contributed by atoms with Gasteiger partial charge < -0.3 is 44.5 Å². The van der Waals surface area contributed by atoms with Crippen molar-refractivity contribution in [3.05, 3.63) is 58.0 Å². The van der Waals surface area contributed by atoms with Crippen LogP contribution in [0.25, 0.3) is 11.0 Å². The fraction of sp³-hybridized carbons (Fsp3) is 0.478. The molecule has 0 spiro atoms. The molecular formula is C23H32N5O15P3. The van der Waals surface area contributed by atoms with Crippen LogP contribution in [0.5, 0.6) is 0 Å². The zero-order chi connectivity index (χ0) is 34.0. The molecule has 2 aromatic heterocycles. The Labute approximate surface area is 260 Å². The molecule has 2 unspecified atom stereocenters. The summed E-state index contributed by atoms with van der Waals surface area (Å²) in [7, 11) is -16.8. The van der Waals surface area contributed by atoms with Gasteiger partial charge in [-0.25, -0.2) is 23.7 Å². The number of hydrogen-bond acceptors (Lipinski definition) is 14. The summed E-state index contributed by atoms with van der Waals surface area (Å²) in [6.07, 6.45) is -1.04. The van der Waals surface area contributed by atoms with Gasteiger partial charge in [0.1, 0.15) is 30.1 Å². The fourth-order valence-electron chi connectivity index (χ4n) is 4.85. The molecule has 3 aromatic rings. The summed E-state index contributed by atoms with van der Waals surface area (Å²) in [5.74, 6) is 0.214. The molecule has 1 aromatic carbocycles. The number of nitrogen functional groups attached to an aromatic ring is 1. The van der Waals surface area contributed by atoms with Crippen LogP contribution in [0.4, 0.5) is 11.5 Å². The molecule has 1 aliphatic rings. The van der Waals surface area contributed by atoms with Crippen molar-refractivity contribution >= 4 is 46.0 Å². The summed E-state index contributed by atoms with van der Waals surface area (Å²) >= 11 is 0. The summed E-state index contributed by atoms with van der Waals surface area (Å²) in [5, 5.41) is 22.7. The number of rotatable bonds is 15. The van der Waals surface area contributed by atoms with E-state index in [1.54, 1.807) is 24.4 Å². The van der Waals surface area contributed by atoms with E-state index in [0.29, 0.717) is 22.9 Å². The molecular weight excluding hydrogens is 679 g/mol. The third kappa shape index (κ3) is 9.23. The number of aromatic nitrogens is 3. The highest BCUT2D eigenvalue weighted by atomic mass is 31.3. The van der Waals surface area contributed by atoms with Crippen molar-refractivity contribution in [3.8, 4) is 0 Å². The van der Waals surface area contributed by atoms with Crippen LogP contribution in [0.3, 0.4) is 0 Å². The SMILES string of the molecule is CC(C)C[C@@H](OCc1cn([C@H]2C[C@@H](O)[C@@H](COP(=O)(O)OP(=O)(O)OP(=O)(O)O)O2)c2ncnc(N)c12)c1ccccc1[N+](=O)[O-]. The number of benzene rings is 1. The molecule has 254 valence electrons. The minimum Gasteiger partial charge on any atom is -0.390 e. The molecule has 23 heteroatoms. The number of fused-ring (bicyclic) bond motifs is 1. The third-order valence-electron chi connectivity index (χ3n) is 6.66. The highest BCUT2D eigenvalue weighted by Gasteiger charge is 2.43. The normalized spacial score (nSPS) is 22.1. The molecule has 0 saturated carbocycles. The van der Waals surface area contributed by atoms with E-state index in [2.05, 4.69) is 23.1 Å². The number of anilines is 1. The van der Waals surface area contributed by atoms with Gasteiger partial charge in [0, 0.05) is 24.2 Å². The second kappa shape index (κ2) is 14.2. The Balaban J connectivity index is 1.53. The monoisotopic (exact) mass is 711 g/mol. The zero-order valence-corrected chi connectivity index (χ0v) is 26.9. The van der Waals surface area contributed by atoms with E-state index in [0.717, 1.165) is 0 Å². The van der Waals surface area contributed by atoms with Gasteiger partial charge in [-0.1, -0.05) is 26.0 Å². The van der Waals surface area contributed by atoms with Crippen LogP contribution in [0.2, 0.25) is 0 Å². The Morgan fingerprint density at radius 2 is 1.83 bits per heavy atom. The van der Waals surface area contributed by atoms with E-state index in [1.807, 2.05) is 13.8 Å². The van der Waals surface area contributed by atoms with Crippen molar-refractivity contribution < 1.29 is 65.9 Å². The lowest BCUT2D eigenvalue weighted by Crippen LogP contribution is -2.26. The average Bonchev–Trinajstić information content (AvgIpc) is 3.48. The van der Waals surface area contributed by atoms with Gasteiger partial charge >= 0.3 is 23.5 Å². The molecule has 0 amide bonds. The molecule has 1 saturated heterocycles. The number of para-hydroxylation sites is 1. The minimum absolute atomic E-state index is 0.0742. The Kier molecular flexibility index (Phi) is 11.2. The van der Waals surface area contributed by atoms with Gasteiger partial charge in [0.2, 0.25) is 0 Å². The number of nitrogens with two attached hydrogens (primary N) is 1. The third-order valence-corrected chi connectivity index (χ3v) is 10.5. The second-order valence-corrected chi connectivity index (χ2v) is 15.0. The minimum atomic E-state index is -5.73. The topological polar surface area (TPSA) is 298 Å². The van der Waals surface area contributed by atoms with Gasteiger partial charge in [-0.2, -0.15) is 8.62 Å². The lowest BCUT2D eigenvalue weighted by atomic mass is 9.98. The van der Waals surface area contributed by atoms with Crippen molar-refractivity contribution in [2.45, 2.75) is 57.8 Å². The first kappa shape index (κ1) is 36.2. The Hall–Kier alpha value is -2.67. The van der Waals surface area contributed by atoms with Gasteiger partial charge in [-0.15, -0.1) is 0 Å². The maximum absolute atomic E-state index is 12.1. The molecule has 0 radical (unpaired) electrons. The first-order valence-corrected chi connectivity index (χ1v) is 17.9. The number of ether oxygens (including phenoxy) is 2. The molecule has 1 fully saturated rings. The number of phosphoric ester groups is 1. The van der Waals surface area contributed by atoms with Crippen molar-refractivity contribution in [1.29, 1.82) is 0 Å². The predicted molar refractivity (Wildman–Crippen MR) is 156 cm³/mol. The van der Waals surface area contributed by atoms with E-state index in [4.69, 9.17) is 25.0 Å². The van der Waals surface area contributed by atoms with Gasteiger partial charge in [-0.05, 0) is 18.4 Å². The number of hydrogen-bond donors (Lipinski definition) is 6. The molecule has 46 heavy (non-hydrogen) atoms. The first-order valence-electron chi connectivity index (χ1n) is 13.4. The zero-order valence-electron chi connectivity index (χ0n) is 24.2. The quantitative estimate of drug-likeness (QED) is 0.0749. The molecule has 0 aliphatic carbocycles. The second-order valence-electron chi connectivity index (χ2n) is 10.6. The van der Waals surface area contributed by atoms with E-state index >= 15 is 0 Å². The van der Waals surface area contributed by atoms with Crippen molar-refractivity contribution in [1.82, 2.24) is 14.5 Å². The van der Waals surface area contributed by atoms with Crippen LogP contribution in [0, 0.1) is 16.0 Å². The summed E-state index contributed by atoms with van der Waals surface area (Å²) < 4.78 is 60.1. The van der Waals surface area contributed by atoms with Crippen LogP contribution in [-0.4, -0.2) is 63.0 Å². The highest BCUT2D eigenvalue weighted by Crippen LogP contribution is 2.66. The number of nitrogens with zero attached hydrogens (tertiary/aromatic N) is 4. The van der Waals surface area contributed by atoms with Crippen LogP contribution in [0.1, 0.15) is 50.1 Å². The van der Waals surface area contributed by atoms with Gasteiger partial charge in [-0.3, -0.25) is 14.6 Å². The Morgan fingerprint density at radius 3 is 2.48 bits per heavy atom. The average molecular weight is 711 g/mol. The van der Waals surface area contributed by atoms with E-state index < -0.39 is 59.5 Å². The maximum Gasteiger partial charge on any atom is 0.490 e. The lowest BCUT2D eigenvalue weighted by molar-refractivity contribution is -0.386. The molecule has 0 bridgehead atoms. The number of nitro benzene ring substituents is 1. The smallest absolute Gasteiger partial charge is 0.390 e. The molecule has 3 heterocycles. The van der Waals surface area contributed by atoms with E-state index in [9.17, 15) is 38.7 Å². The van der Waals surface area contributed by atoms with Crippen LogP contribution in [0.15, 0.2) is 36.8 Å². The summed E-state index contributed by atoms with van der Waals surface area (Å²) in [6, 6.07) is 6.27. The molecule has 1 aliphatic heterocycles. The molecule has 6 atom stereocenters. The Morgan fingerprint density at radius 1 is 1.13 bits per heavy atom. The largest absolute Gasteiger partial charge is 0.490 e. The number of nitro groups is 1. The standard InChI is InChI=1S/C23H32N5O15P3/c1-13(2)7-18(15-5-3-4-6-16(15)28(30)31)39-10-14-9-27(23-21(14)22(24)25-12-26-23)20-8-17(29)19(41-20)11-40-45(35,36)43-46(37,38)42-44(32,33)34/h3-6,9,12-13,17-20,29H,7-8,10-11H2,1-2H3,(H,35,36)(H,37,38)(H2,24,25,26)(H2,32,33,34)/t17-,18-,19-,20-/m1/s1. The number of aliphatic hydroxyl groups is 1. The van der Waals surface area contributed by atoms with Crippen LogP contribution in [-0.2, 0) is 42.9 Å². The predicted octanol–water partition coefficient (Wildman–Crippen LogP) is 3.22. The highest BCUT2D eigenvalue weighted by molar-refractivity contribution is 7.66. The maximum atomic E-state index is 12.1. The summed E-state index contributed by atoms with van der Waals surface area (Å²) in [5.41, 5.74) is 7.26. The van der Waals surface area contributed by atoms with E-state index in [-0.39, 0.29) is 36.1 Å². The van der Waals surface area contributed by atoms with Crippen LogP contribution >= 0.6 is 23.5 Å². The summed E-state index contributed by atoms with van der Waals surface area (Å²) in [4.78, 5) is 55.9. The summed E-state index contributed by atoms with van der Waals surface area (Å²) in [6.45, 7) is 2.97. The number of phosphoric acid groups is 3. The van der Waals surface area contributed by atoms with Crippen LogP contribution < -0.4 is 5.73 Å². The molecule has 4 rings (SSSR count). The van der Waals surface area contributed by atoms with E-state index in [1.165, 1.54) is 17.0 Å². The van der Waals surface area contributed by atoms with Gasteiger partial charge in [0.25, 0.3) is 5.69 Å². The fourth-order valence-corrected chi connectivity index (χ4v) is 7.88. The molecule has 20 nitrogen and oxygen atoms in total. The first-order chi connectivity index (χ1) is 21.4.